The molecule has 0 saturated carbocycles. The molecule has 0 amide bonds. The van der Waals surface area contributed by atoms with Crippen LogP contribution in [0.1, 0.15) is 103 Å². The molecule has 0 N–H and O–H groups in total. The fourth-order valence-corrected chi connectivity index (χ4v) is 13.6. The minimum absolute atomic E-state index is 0.0158. The first-order chi connectivity index (χ1) is 32.6. The van der Waals surface area contributed by atoms with Gasteiger partial charge in [-0.25, -0.2) is 0 Å². The van der Waals surface area contributed by atoms with Gasteiger partial charge >= 0.3 is 6.85 Å². The van der Waals surface area contributed by atoms with Gasteiger partial charge in [-0.15, -0.1) is 0 Å². The first-order valence-corrected chi connectivity index (χ1v) is 24.7. The maximum absolute atomic E-state index is 6.91. The minimum Gasteiger partial charge on any atom is -0.456 e. The van der Waals surface area contributed by atoms with Crippen molar-refractivity contribution < 1.29 is 8.83 Å². The molecule has 15 rings (SSSR count). The third-order valence-electron chi connectivity index (χ3n) is 17.4. The molecule has 8 aromatic carbocycles. The number of rotatable bonds is 1. The SMILES string of the molecule is CC(C)(C)c1ccc(N2B3c4cc5oc6ccccc6c5cc4-n4c5ccc6c7ccccc7oc6c5c5ccc(c3c54)-c3cc4c(cc32)-c2cc3c(cc2C4(C)C)C(C)(C)CCC3(C)C)cc1. The second kappa shape index (κ2) is 12.4. The molecule has 4 nitrogen and oxygen atoms in total. The van der Waals surface area contributed by atoms with E-state index in [0.29, 0.717) is 0 Å². The van der Waals surface area contributed by atoms with Crippen molar-refractivity contribution in [3.8, 4) is 27.9 Å². The number of benzene rings is 8. The number of hydrogen-bond acceptors (Lipinski definition) is 3. The summed E-state index contributed by atoms with van der Waals surface area (Å²) in [6.07, 6.45) is 2.39. The molecule has 4 aliphatic rings. The molecule has 11 aromatic rings. The van der Waals surface area contributed by atoms with E-state index in [-0.39, 0.29) is 28.5 Å². The molecule has 0 unspecified atom stereocenters. The van der Waals surface area contributed by atoms with E-state index in [4.69, 9.17) is 8.83 Å². The molecular weight excluding hydrogens is 828 g/mol. The summed E-state index contributed by atoms with van der Waals surface area (Å²) in [5.74, 6) is 0. The number of furan rings is 2. The van der Waals surface area contributed by atoms with E-state index in [1.807, 2.05) is 0 Å². The number of nitrogens with zero attached hydrogens (tertiary/aromatic N) is 2. The molecule has 0 spiro atoms. The van der Waals surface area contributed by atoms with Crippen LogP contribution in [0, 0.1) is 0 Å². The Hall–Kier alpha value is -6.98. The van der Waals surface area contributed by atoms with Crippen LogP contribution in [0.25, 0.3) is 93.6 Å². The van der Waals surface area contributed by atoms with Crippen molar-refractivity contribution >= 4 is 94.8 Å². The van der Waals surface area contributed by atoms with Crippen molar-refractivity contribution in [1.82, 2.24) is 4.57 Å². The van der Waals surface area contributed by atoms with E-state index in [0.717, 1.165) is 54.8 Å². The van der Waals surface area contributed by atoms with Crippen LogP contribution in [0.15, 0.2) is 142 Å². The van der Waals surface area contributed by atoms with Crippen molar-refractivity contribution in [3.05, 3.63) is 161 Å². The molecule has 0 atom stereocenters. The van der Waals surface area contributed by atoms with E-state index < -0.39 is 0 Å². The van der Waals surface area contributed by atoms with Crippen LogP contribution in [0.4, 0.5) is 11.4 Å². The topological polar surface area (TPSA) is 34.5 Å². The Bertz CT molecular complexity index is 4110. The highest BCUT2D eigenvalue weighted by molar-refractivity contribution is 6.94. The average molecular weight is 881 g/mol. The summed E-state index contributed by atoms with van der Waals surface area (Å²) >= 11 is 0. The molecule has 0 bridgehead atoms. The monoisotopic (exact) mass is 880 g/mol. The highest BCUT2D eigenvalue weighted by Gasteiger charge is 2.48. The summed E-state index contributed by atoms with van der Waals surface area (Å²) < 4.78 is 16.3. The lowest BCUT2D eigenvalue weighted by atomic mass is 9.44. The van der Waals surface area contributed by atoms with E-state index in [2.05, 4.69) is 205 Å². The molecule has 2 aliphatic carbocycles. The Morgan fingerprint density at radius 1 is 0.515 bits per heavy atom. The zero-order valence-electron chi connectivity index (χ0n) is 40.4. The van der Waals surface area contributed by atoms with Crippen LogP contribution in [-0.4, -0.2) is 11.4 Å². The second-order valence-corrected chi connectivity index (χ2v) is 23.5. The Labute approximate surface area is 397 Å². The maximum Gasteiger partial charge on any atom is 0.333 e. The van der Waals surface area contributed by atoms with Gasteiger partial charge in [-0.2, -0.15) is 0 Å². The molecule has 5 heteroatoms. The fourth-order valence-electron chi connectivity index (χ4n) is 13.6. The van der Waals surface area contributed by atoms with Crippen molar-refractivity contribution in [2.45, 2.75) is 96.8 Å². The molecule has 3 aromatic heterocycles. The van der Waals surface area contributed by atoms with Gasteiger partial charge in [0, 0.05) is 55.0 Å². The Morgan fingerprint density at radius 3 is 1.88 bits per heavy atom. The molecule has 68 heavy (non-hydrogen) atoms. The van der Waals surface area contributed by atoms with Gasteiger partial charge < -0.3 is 18.2 Å². The highest BCUT2D eigenvalue weighted by atomic mass is 16.3. The number of fused-ring (bicyclic) bond motifs is 19. The van der Waals surface area contributed by atoms with Gasteiger partial charge in [0.15, 0.2) is 0 Å². The Kier molecular flexibility index (Phi) is 7.11. The Balaban J connectivity index is 1.09. The predicted molar refractivity (Wildman–Crippen MR) is 286 cm³/mol. The lowest BCUT2D eigenvalue weighted by Crippen LogP contribution is -2.60. The highest BCUT2D eigenvalue weighted by Crippen LogP contribution is 2.58. The first kappa shape index (κ1) is 39.1. The summed E-state index contributed by atoms with van der Waals surface area (Å²) in [6, 6.07) is 51.1. The van der Waals surface area contributed by atoms with Gasteiger partial charge in [-0.1, -0.05) is 129 Å². The minimum atomic E-state index is -0.189. The summed E-state index contributed by atoms with van der Waals surface area (Å²) in [6.45, 7) is 21.5. The molecule has 0 saturated heterocycles. The fraction of sp³-hybridized carbons (Fsp3) is 0.238. The normalized spacial score (nSPS) is 17.1. The van der Waals surface area contributed by atoms with Crippen molar-refractivity contribution in [2.75, 3.05) is 4.81 Å². The van der Waals surface area contributed by atoms with Crippen molar-refractivity contribution in [1.29, 1.82) is 0 Å². The largest absolute Gasteiger partial charge is 0.456 e. The zero-order valence-corrected chi connectivity index (χ0v) is 40.4. The average Bonchev–Trinajstić information content (AvgIpc) is 4.05. The smallest absolute Gasteiger partial charge is 0.333 e. The molecule has 0 radical (unpaired) electrons. The van der Waals surface area contributed by atoms with Crippen LogP contribution < -0.4 is 15.7 Å². The van der Waals surface area contributed by atoms with E-state index >= 15 is 0 Å². The Morgan fingerprint density at radius 2 is 1.15 bits per heavy atom. The van der Waals surface area contributed by atoms with Crippen molar-refractivity contribution in [3.63, 3.8) is 0 Å². The van der Waals surface area contributed by atoms with Crippen LogP contribution in [0.2, 0.25) is 0 Å². The van der Waals surface area contributed by atoms with Crippen LogP contribution >= 0.6 is 0 Å². The predicted octanol–water partition coefficient (Wildman–Crippen LogP) is 15.8. The van der Waals surface area contributed by atoms with Gasteiger partial charge in [0.05, 0.1) is 16.4 Å². The van der Waals surface area contributed by atoms with Gasteiger partial charge in [0.25, 0.3) is 0 Å². The lowest BCUT2D eigenvalue weighted by molar-refractivity contribution is 0.331. The zero-order chi connectivity index (χ0) is 46.1. The summed E-state index contributed by atoms with van der Waals surface area (Å²) in [5, 5.41) is 6.93. The van der Waals surface area contributed by atoms with Gasteiger partial charge in [0.2, 0.25) is 0 Å². The molecular formula is C63H53BN2O2. The van der Waals surface area contributed by atoms with E-state index in [9.17, 15) is 0 Å². The number of para-hydroxylation sites is 2. The number of aromatic nitrogens is 1. The molecule has 2 aliphatic heterocycles. The first-order valence-electron chi connectivity index (χ1n) is 24.7. The third-order valence-corrected chi connectivity index (χ3v) is 17.4. The van der Waals surface area contributed by atoms with Gasteiger partial charge in [-0.3, -0.25) is 0 Å². The van der Waals surface area contributed by atoms with Crippen LogP contribution in [0.5, 0.6) is 0 Å². The number of hydrogen-bond donors (Lipinski definition) is 0. The lowest BCUT2D eigenvalue weighted by Gasteiger charge is -2.42. The molecule has 330 valence electrons. The summed E-state index contributed by atoms with van der Waals surface area (Å²) in [4.78, 5) is 2.69. The van der Waals surface area contributed by atoms with E-state index in [1.54, 1.807) is 0 Å². The molecule has 0 fully saturated rings. The van der Waals surface area contributed by atoms with Crippen LogP contribution in [0.3, 0.4) is 0 Å². The standard InChI is InChI=1S/C63H53BN2O2/c1-60(2,3)34-18-20-35(21-19-34)66-51-30-42-41-28-47-48(62(6,7)27-26-61(47,4)5)32-46(41)63(8,9)45(42)29-43(51)38-22-23-40-56-50(25-24-39-36-14-10-13-17-54(36)68-59(39)56)65-52-31-44-37-15-11-12-16-53(37)67-55(44)33-49(52)64(66)57(38)58(40)65/h10-25,28-33H,26-27H2,1-9H3. The number of anilines is 2. The van der Waals surface area contributed by atoms with E-state index in [1.165, 1.54) is 102 Å². The van der Waals surface area contributed by atoms with Crippen molar-refractivity contribution in [2.24, 2.45) is 0 Å². The van der Waals surface area contributed by atoms with Gasteiger partial charge in [-0.05, 0) is 151 Å². The third kappa shape index (κ3) is 4.77. The second-order valence-electron chi connectivity index (χ2n) is 23.5. The maximum atomic E-state index is 6.91. The quantitative estimate of drug-likeness (QED) is 0.154. The van der Waals surface area contributed by atoms with Gasteiger partial charge in [0.1, 0.15) is 22.3 Å². The molecule has 5 heterocycles. The summed E-state index contributed by atoms with van der Waals surface area (Å²) in [5.41, 5.74) is 24.8. The summed E-state index contributed by atoms with van der Waals surface area (Å²) in [7, 11) is 0. The van der Waals surface area contributed by atoms with Crippen LogP contribution in [-0.2, 0) is 21.7 Å².